The number of β-amino-alcohol motifs (C(OH)–C–C–N with tert-alkyl or cyclic N) is 1. The molecule has 14 heteroatoms. The van der Waals surface area contributed by atoms with E-state index in [9.17, 15) is 19.8 Å². The molecule has 55 heavy (non-hydrogen) atoms. The van der Waals surface area contributed by atoms with Gasteiger partial charge in [0.05, 0.1) is 39.6 Å². The second-order valence-electron chi connectivity index (χ2n) is 15.6. The van der Waals surface area contributed by atoms with Crippen molar-refractivity contribution in [3.63, 3.8) is 0 Å². The summed E-state index contributed by atoms with van der Waals surface area (Å²) < 4.78 is 0. The maximum Gasteiger partial charge on any atom is 0.246 e. The number of nitrogen functional groups attached to an aromatic ring is 1. The number of rotatable bonds is 12. The predicted molar refractivity (Wildman–Crippen MR) is 217 cm³/mol. The van der Waals surface area contributed by atoms with Gasteiger partial charge in [-0.1, -0.05) is 63.7 Å². The molecule has 0 bridgehead atoms. The molecular weight excluding hydrogens is 715 g/mol. The molecule has 6 N–H and O–H groups in total. The Labute approximate surface area is 327 Å². The Hall–Kier alpha value is -5.05. The third-order valence-electron chi connectivity index (χ3n) is 10.6. The van der Waals surface area contributed by atoms with Gasteiger partial charge in [0.2, 0.25) is 11.8 Å². The number of amides is 2. The van der Waals surface area contributed by atoms with Crippen LogP contribution in [-0.4, -0.2) is 104 Å². The van der Waals surface area contributed by atoms with Gasteiger partial charge >= 0.3 is 0 Å². The van der Waals surface area contributed by atoms with Crippen LogP contribution in [0, 0.1) is 12.3 Å². The summed E-state index contributed by atoms with van der Waals surface area (Å²) in [5.41, 5.74) is 13.2. The number of aryl methyl sites for hydroxylation is 1. The molecule has 2 aromatic heterocycles. The van der Waals surface area contributed by atoms with Gasteiger partial charge in [-0.05, 0) is 48.6 Å². The average molecular weight is 768 g/mol. The Morgan fingerprint density at radius 2 is 1.76 bits per heavy atom. The van der Waals surface area contributed by atoms with Crippen LogP contribution in [0.2, 0.25) is 0 Å². The molecule has 13 nitrogen and oxygen atoms in total. The normalized spacial score (nSPS) is 18.9. The Bertz CT molecular complexity index is 1990. The van der Waals surface area contributed by atoms with Crippen molar-refractivity contribution in [2.45, 2.75) is 71.7 Å². The van der Waals surface area contributed by atoms with Gasteiger partial charge in [-0.2, -0.15) is 0 Å². The predicted octanol–water partition coefficient (Wildman–Crippen LogP) is 4.73. The monoisotopic (exact) mass is 767 g/mol. The van der Waals surface area contributed by atoms with Crippen LogP contribution in [0.1, 0.15) is 57.8 Å². The van der Waals surface area contributed by atoms with Crippen LogP contribution in [0.4, 0.5) is 11.5 Å². The van der Waals surface area contributed by atoms with Crippen LogP contribution < -0.4 is 21.3 Å². The number of aliphatic hydroxyl groups excluding tert-OH is 1. The minimum atomic E-state index is -0.793. The summed E-state index contributed by atoms with van der Waals surface area (Å²) in [6.45, 7) is 17.6. The first-order valence-electron chi connectivity index (χ1n) is 18.8. The molecule has 4 atom stereocenters. The van der Waals surface area contributed by atoms with Crippen molar-refractivity contribution in [3.05, 3.63) is 83.6 Å². The van der Waals surface area contributed by atoms with Crippen molar-refractivity contribution < 1.29 is 19.8 Å². The zero-order chi connectivity index (χ0) is 39.4. The van der Waals surface area contributed by atoms with Crippen molar-refractivity contribution >= 4 is 34.7 Å². The molecule has 6 rings (SSSR count). The highest BCUT2D eigenvalue weighted by atomic mass is 32.1. The lowest BCUT2D eigenvalue weighted by atomic mass is 9.85. The second kappa shape index (κ2) is 16.8. The quantitative estimate of drug-likeness (QED) is 0.135. The Morgan fingerprint density at radius 1 is 1.05 bits per heavy atom. The van der Waals surface area contributed by atoms with E-state index in [4.69, 9.17) is 5.73 Å². The number of likely N-dealkylation sites (tertiary alicyclic amines) is 1. The van der Waals surface area contributed by atoms with E-state index in [1.807, 2.05) is 52.3 Å². The number of thiazole rings is 1. The molecule has 2 saturated heterocycles. The zero-order valence-electron chi connectivity index (χ0n) is 32.3. The summed E-state index contributed by atoms with van der Waals surface area (Å²) in [5.74, 6) is 0.00342. The maximum atomic E-state index is 14.2. The van der Waals surface area contributed by atoms with Crippen LogP contribution >= 0.6 is 11.3 Å². The van der Waals surface area contributed by atoms with Gasteiger partial charge in [-0.25, -0.2) is 4.98 Å². The number of anilines is 2. The molecule has 2 amide bonds. The molecule has 292 valence electrons. The van der Waals surface area contributed by atoms with E-state index < -0.39 is 23.6 Å². The standard InChI is InChI=1S/C41H53N9O4S/c1-25(28-11-13-29(14-12-28)37-27(3)43-24-55-37)44-26(2)33-21-30(51)23-50(33)40(54)38(41(4,5)6)45-36(53)15-16-48-17-19-49(20-18-48)34-22-32(46-47-39(34)42)31-9-7-8-10-35(31)52/h7-14,22,24-25,30,33,38,44,51-52H,2,15-21,23H2,1,3-6H3,(H2,42,47)(H,45,53)/t25-,30+,33-,38+/m0/s1. The van der Waals surface area contributed by atoms with Crippen molar-refractivity contribution in [1.82, 2.24) is 35.6 Å². The number of phenolic OH excluding ortho intramolecular Hbond substituents is 1. The summed E-state index contributed by atoms with van der Waals surface area (Å²) >= 11 is 1.62. The second-order valence-corrected chi connectivity index (χ2v) is 16.5. The Morgan fingerprint density at radius 3 is 2.42 bits per heavy atom. The number of nitrogens with zero attached hydrogens (tertiary/aromatic N) is 6. The van der Waals surface area contributed by atoms with E-state index in [1.165, 1.54) is 0 Å². The van der Waals surface area contributed by atoms with Gasteiger partial charge < -0.3 is 36.4 Å². The van der Waals surface area contributed by atoms with E-state index in [-0.39, 0.29) is 36.6 Å². The van der Waals surface area contributed by atoms with Crippen LogP contribution in [-0.2, 0) is 9.59 Å². The number of benzene rings is 2. The fourth-order valence-corrected chi connectivity index (χ4v) is 8.15. The minimum Gasteiger partial charge on any atom is -0.507 e. The molecule has 0 radical (unpaired) electrons. The van der Waals surface area contributed by atoms with Gasteiger partial charge in [0, 0.05) is 69.4 Å². The van der Waals surface area contributed by atoms with Gasteiger partial charge in [-0.3, -0.25) is 14.5 Å². The minimum absolute atomic E-state index is 0.0845. The van der Waals surface area contributed by atoms with Gasteiger partial charge in [0.1, 0.15) is 11.8 Å². The number of nitrogens with two attached hydrogens (primary N) is 1. The number of nitrogens with one attached hydrogen (secondary N) is 2. The first-order valence-corrected chi connectivity index (χ1v) is 19.7. The zero-order valence-corrected chi connectivity index (χ0v) is 33.1. The molecule has 4 aromatic rings. The SMILES string of the molecule is C=C(N[C@@H](C)c1ccc(-c2scnc2C)cc1)[C@@H]1C[C@@H](O)CN1C(=O)[C@@H](NC(=O)CCN1CCN(c2cc(-c3ccccc3O)nnc2N)CC1)C(C)(C)C. The average Bonchev–Trinajstić information content (AvgIpc) is 3.78. The highest BCUT2D eigenvalue weighted by Crippen LogP contribution is 2.33. The van der Waals surface area contributed by atoms with Crippen molar-refractivity contribution in [2.75, 3.05) is 49.9 Å². The van der Waals surface area contributed by atoms with Crippen molar-refractivity contribution in [2.24, 2.45) is 5.41 Å². The van der Waals surface area contributed by atoms with Crippen molar-refractivity contribution in [3.8, 4) is 27.4 Å². The van der Waals surface area contributed by atoms with Crippen LogP contribution in [0.3, 0.4) is 0 Å². The van der Waals surface area contributed by atoms with Gasteiger partial charge in [0.25, 0.3) is 0 Å². The van der Waals surface area contributed by atoms with Crippen LogP contribution in [0.25, 0.3) is 21.7 Å². The van der Waals surface area contributed by atoms with Crippen LogP contribution in [0.15, 0.2) is 72.4 Å². The molecule has 2 aromatic carbocycles. The topological polar surface area (TPSA) is 173 Å². The molecule has 0 unspecified atom stereocenters. The lowest BCUT2D eigenvalue weighted by Crippen LogP contribution is -2.56. The highest BCUT2D eigenvalue weighted by Gasteiger charge is 2.43. The van der Waals surface area contributed by atoms with E-state index >= 15 is 0 Å². The number of phenols is 1. The number of para-hydroxylation sites is 1. The summed E-state index contributed by atoms with van der Waals surface area (Å²) in [4.78, 5) is 39.2. The highest BCUT2D eigenvalue weighted by molar-refractivity contribution is 7.13. The Kier molecular flexibility index (Phi) is 12.1. The smallest absolute Gasteiger partial charge is 0.246 e. The van der Waals surface area contributed by atoms with Gasteiger partial charge in [0.15, 0.2) is 5.82 Å². The van der Waals surface area contributed by atoms with E-state index in [0.717, 1.165) is 27.4 Å². The lowest BCUT2D eigenvalue weighted by molar-refractivity contribution is -0.140. The summed E-state index contributed by atoms with van der Waals surface area (Å²) in [6, 6.07) is 15.9. The number of carbonyl (C=O) groups excluding carboxylic acids is 2. The van der Waals surface area contributed by atoms with E-state index in [2.05, 4.69) is 66.5 Å². The molecule has 4 heterocycles. The fourth-order valence-electron chi connectivity index (χ4n) is 7.33. The third kappa shape index (κ3) is 9.26. The molecule has 2 aliphatic heterocycles. The number of hydrogen-bond acceptors (Lipinski definition) is 12. The number of aliphatic hydroxyl groups is 1. The van der Waals surface area contributed by atoms with Gasteiger partial charge in [-0.15, -0.1) is 21.5 Å². The molecule has 0 aliphatic carbocycles. The molecule has 0 spiro atoms. The summed E-state index contributed by atoms with van der Waals surface area (Å²) in [5, 5.41) is 35.9. The molecule has 2 fully saturated rings. The van der Waals surface area contributed by atoms with E-state index in [0.29, 0.717) is 61.9 Å². The molecule has 0 saturated carbocycles. The van der Waals surface area contributed by atoms with Crippen molar-refractivity contribution in [1.29, 1.82) is 0 Å². The number of carbonyl (C=O) groups is 2. The maximum absolute atomic E-state index is 14.2. The number of aromatic hydroxyl groups is 1. The van der Waals surface area contributed by atoms with E-state index in [1.54, 1.807) is 34.4 Å². The summed E-state index contributed by atoms with van der Waals surface area (Å²) in [7, 11) is 0. The third-order valence-corrected chi connectivity index (χ3v) is 11.5. The molecular formula is C41H53N9O4S. The lowest BCUT2D eigenvalue weighted by Gasteiger charge is -2.37. The fraction of sp³-hybridized carbons (Fsp3) is 0.439. The first-order chi connectivity index (χ1) is 26.2. The van der Waals surface area contributed by atoms with Crippen LogP contribution in [0.5, 0.6) is 5.75 Å². The number of hydrogen-bond donors (Lipinski definition) is 5. The first kappa shape index (κ1) is 39.6. The number of aromatic nitrogens is 3. The number of piperazine rings is 1. The summed E-state index contributed by atoms with van der Waals surface area (Å²) in [6.07, 6.45) is -0.104. The molecule has 2 aliphatic rings. The largest absolute Gasteiger partial charge is 0.507 e. The Balaban J connectivity index is 1.03.